The van der Waals surface area contributed by atoms with E-state index in [1.54, 1.807) is 31.5 Å². The molecule has 0 radical (unpaired) electrons. The van der Waals surface area contributed by atoms with Crippen molar-refractivity contribution in [1.82, 2.24) is 55.5 Å². The second kappa shape index (κ2) is 31.1. The number of likely N-dealkylation sites (tertiary alicyclic amines) is 3. The average Bonchev–Trinajstić information content (AvgIpc) is 1.56. The number of amides is 7. The molecule has 7 amide bonds. The summed E-state index contributed by atoms with van der Waals surface area (Å²) in [6.45, 7) is 22.8. The maximum absolute atomic E-state index is 16.0. The number of alkyl halides is 1. The Hall–Kier alpha value is -8.38. The predicted molar refractivity (Wildman–Crippen MR) is 396 cm³/mol. The number of aryl methyl sites for hydroxylation is 2. The number of benzene rings is 3. The van der Waals surface area contributed by atoms with Gasteiger partial charge in [-0.05, 0) is 178 Å². The van der Waals surface area contributed by atoms with Gasteiger partial charge in [-0.25, -0.2) is 23.7 Å². The fourth-order valence-electron chi connectivity index (χ4n) is 15.8. The lowest BCUT2D eigenvalue weighted by Gasteiger charge is -2.49. The molecule has 5 N–H and O–H groups in total. The van der Waals surface area contributed by atoms with Crippen LogP contribution >= 0.6 is 11.3 Å². The number of fused-ring (bicyclic) bond motifs is 3. The smallest absolute Gasteiger partial charge is 0.258 e. The molecular formula is C79H103F2N13O8S. The van der Waals surface area contributed by atoms with E-state index in [1.165, 1.54) is 17.0 Å². The summed E-state index contributed by atoms with van der Waals surface area (Å²) in [6, 6.07) is 15.2. The maximum Gasteiger partial charge on any atom is 0.258 e. The molecule has 3 aromatic carbocycles. The Kier molecular flexibility index (Phi) is 22.5. The monoisotopic (exact) mass is 1430 g/mol. The van der Waals surface area contributed by atoms with Crippen molar-refractivity contribution < 1.29 is 47.1 Å². The number of halogens is 2. The molecule has 12 rings (SSSR count). The van der Waals surface area contributed by atoms with Crippen LogP contribution in [0.25, 0.3) is 32.7 Å². The Labute approximate surface area is 607 Å². The lowest BCUT2D eigenvalue weighted by Crippen LogP contribution is -2.59. The van der Waals surface area contributed by atoms with Crippen LogP contribution in [-0.4, -0.2) is 157 Å². The van der Waals surface area contributed by atoms with Crippen LogP contribution in [0.3, 0.4) is 0 Å². The first-order chi connectivity index (χ1) is 49.2. The molecule has 21 nitrogen and oxygen atoms in total. The van der Waals surface area contributed by atoms with Crippen LogP contribution in [0.5, 0.6) is 5.75 Å². The van der Waals surface area contributed by atoms with Gasteiger partial charge in [0.05, 0.1) is 57.2 Å². The molecule has 0 bridgehead atoms. The molecule has 0 unspecified atom stereocenters. The van der Waals surface area contributed by atoms with Crippen LogP contribution in [0.2, 0.25) is 0 Å². The summed E-state index contributed by atoms with van der Waals surface area (Å²) in [5.41, 5.74) is 6.51. The van der Waals surface area contributed by atoms with E-state index in [4.69, 9.17) is 14.7 Å². The van der Waals surface area contributed by atoms with E-state index < -0.39 is 40.3 Å². The maximum atomic E-state index is 16.0. The van der Waals surface area contributed by atoms with E-state index in [2.05, 4.69) is 48.6 Å². The number of carbonyl (C=O) groups excluding carboxylic acids is 7. The summed E-state index contributed by atoms with van der Waals surface area (Å²) in [7, 11) is 0. The Bertz CT molecular complexity index is 4170. The molecule has 7 heterocycles. The number of unbranched alkanes of at least 4 members (excludes halogenated alkanes) is 6. The van der Waals surface area contributed by atoms with Crippen molar-refractivity contribution >= 4 is 80.9 Å². The number of ether oxygens (including phenoxy) is 1. The molecule has 3 aromatic heterocycles. The van der Waals surface area contributed by atoms with Crippen LogP contribution in [0, 0.1) is 31.0 Å². The molecule has 2 aliphatic carbocycles. The van der Waals surface area contributed by atoms with Gasteiger partial charge in [-0.2, -0.15) is 0 Å². The molecule has 6 aliphatic rings. The second-order valence-electron chi connectivity index (χ2n) is 31.3. The van der Waals surface area contributed by atoms with Gasteiger partial charge in [0, 0.05) is 92.7 Å². The van der Waals surface area contributed by atoms with Crippen molar-refractivity contribution in [2.75, 3.05) is 56.1 Å². The second-order valence-corrected chi connectivity index (χ2v) is 32.2. The molecule has 6 aromatic rings. The van der Waals surface area contributed by atoms with Crippen molar-refractivity contribution in [3.8, 4) is 27.4 Å². The SMILES string of the molecule is CC(=O)N1CCC2(CC1)C(=O)N(C1CC(N3CCC[C@@H](C(=O)NCCCCCCCCCOc4cc(-c5scnc5C)ccc4CNC(=O)[C@@H]4CCCN4C(=O)[C@@H](NC(=O)C4(F)CC4)C(C)(C)C)C3)C1)c1cc(-c3cc4ncn(C(C)C)c4c(Nc4cc(C(=O)NC(C)C)c(C)cc4F)n3)ccc12. The summed E-state index contributed by atoms with van der Waals surface area (Å²) in [5, 5.41) is 15.2. The first kappa shape index (κ1) is 74.3. The zero-order chi connectivity index (χ0) is 73.2. The highest BCUT2D eigenvalue weighted by Gasteiger charge is 2.57. The molecule has 24 heteroatoms. The quantitative estimate of drug-likeness (QED) is 0.0302. The lowest BCUT2D eigenvalue weighted by atomic mass is 9.73. The number of aromatic nitrogens is 4. The molecule has 103 heavy (non-hydrogen) atoms. The zero-order valence-electron chi connectivity index (χ0n) is 61.6. The number of nitrogens with zero attached hydrogens (tertiary/aromatic N) is 8. The minimum Gasteiger partial charge on any atom is -0.493 e. The predicted octanol–water partition coefficient (Wildman–Crippen LogP) is 12.5. The molecule has 1 spiro atoms. The van der Waals surface area contributed by atoms with E-state index in [0.29, 0.717) is 104 Å². The minimum absolute atomic E-state index is 0.00404. The molecule has 5 fully saturated rings. The van der Waals surface area contributed by atoms with Gasteiger partial charge in [-0.1, -0.05) is 77.1 Å². The molecule has 4 aliphatic heterocycles. The van der Waals surface area contributed by atoms with E-state index in [9.17, 15) is 33.2 Å². The molecule has 2 saturated carbocycles. The number of hydrogen-bond acceptors (Lipinski definition) is 14. The Morgan fingerprint density at radius 3 is 2.19 bits per heavy atom. The van der Waals surface area contributed by atoms with Gasteiger partial charge in [-0.15, -0.1) is 11.3 Å². The van der Waals surface area contributed by atoms with Crippen LogP contribution in [0.4, 0.5) is 26.0 Å². The third kappa shape index (κ3) is 16.1. The fraction of sp³-hybridized carbons (Fsp3) is 0.570. The third-order valence-corrected chi connectivity index (χ3v) is 23.1. The van der Waals surface area contributed by atoms with Crippen molar-refractivity contribution in [2.24, 2.45) is 11.3 Å². The number of imidazole rings is 1. The number of hydrogen-bond donors (Lipinski definition) is 5. The summed E-state index contributed by atoms with van der Waals surface area (Å²) in [4.78, 5) is 119. The fourth-order valence-corrected chi connectivity index (χ4v) is 16.6. The Balaban J connectivity index is 0.615. The van der Waals surface area contributed by atoms with Crippen molar-refractivity contribution in [3.63, 3.8) is 0 Å². The topological polar surface area (TPSA) is 245 Å². The first-order valence-corrected chi connectivity index (χ1v) is 38.4. The van der Waals surface area contributed by atoms with Crippen LogP contribution in [-0.2, 0) is 40.7 Å². The minimum atomic E-state index is -1.93. The third-order valence-electron chi connectivity index (χ3n) is 22.1. The number of piperidine rings is 2. The number of anilines is 3. The number of nitrogens with one attached hydrogen (secondary N) is 5. The summed E-state index contributed by atoms with van der Waals surface area (Å²) in [5.74, 6) is -1.19. The van der Waals surface area contributed by atoms with E-state index in [1.807, 2.05) is 106 Å². The van der Waals surface area contributed by atoms with Gasteiger partial charge in [0.25, 0.3) is 11.8 Å². The van der Waals surface area contributed by atoms with Gasteiger partial charge >= 0.3 is 0 Å². The van der Waals surface area contributed by atoms with Gasteiger partial charge < -0.3 is 50.6 Å². The highest BCUT2D eigenvalue weighted by molar-refractivity contribution is 7.13. The summed E-state index contributed by atoms with van der Waals surface area (Å²) < 4.78 is 39.2. The summed E-state index contributed by atoms with van der Waals surface area (Å²) >= 11 is 1.56. The Morgan fingerprint density at radius 2 is 1.50 bits per heavy atom. The largest absolute Gasteiger partial charge is 0.493 e. The lowest BCUT2D eigenvalue weighted by molar-refractivity contribution is -0.144. The van der Waals surface area contributed by atoms with E-state index in [-0.39, 0.29) is 90.6 Å². The number of carbonyl (C=O) groups is 7. The molecule has 3 saturated heterocycles. The highest BCUT2D eigenvalue weighted by Crippen LogP contribution is 2.53. The molecule has 3 atom stereocenters. The van der Waals surface area contributed by atoms with E-state index in [0.717, 1.165) is 116 Å². The Morgan fingerprint density at radius 1 is 0.786 bits per heavy atom. The van der Waals surface area contributed by atoms with Gasteiger partial charge in [0.1, 0.15) is 29.2 Å². The normalized spacial score (nSPS) is 20.3. The average molecular weight is 1430 g/mol. The molecule has 552 valence electrons. The first-order valence-electron chi connectivity index (χ1n) is 37.5. The van der Waals surface area contributed by atoms with Gasteiger partial charge in [0.15, 0.2) is 11.5 Å². The summed E-state index contributed by atoms with van der Waals surface area (Å²) in [6.07, 6.45) is 14.4. The van der Waals surface area contributed by atoms with Crippen LogP contribution < -0.4 is 36.2 Å². The highest BCUT2D eigenvalue weighted by atomic mass is 32.1. The van der Waals surface area contributed by atoms with Crippen LogP contribution in [0.1, 0.15) is 203 Å². The van der Waals surface area contributed by atoms with Gasteiger partial charge in [-0.3, -0.25) is 38.5 Å². The van der Waals surface area contributed by atoms with E-state index >= 15 is 9.18 Å². The standard InChI is InChI=1S/C79H103F2N13O8S/c1-47(2)86-72(97)58-41-62(60(80)36-49(58)5)88-70-67-63(84-45-93(67)48(3)4)42-61(87-70)52-24-25-59-65(37-52)94(76(101)78(59)28-33-90(34-29-78)51(7)95)57-39-56(40-57)91-31-18-20-55(44-91)71(96)82-30-16-14-12-11-13-15-17-35-102-66-38-53(68-50(6)85-46-103-68)22-23-54(66)43-83-73(98)64-21-19-32-92(64)74(99)69(77(8,9)10)89-75(100)79(81)26-27-79/h22-25,36-38,41-42,45-48,55-57,64,69H,11-21,26-35,39-40,43-44H2,1-10H3,(H,82,96)(H,83,98)(H,86,97)(H,87,88)(H,89,100)/t55-,56?,57?,64+,69-/m1/s1. The zero-order valence-corrected chi connectivity index (χ0v) is 62.4. The van der Waals surface area contributed by atoms with Crippen LogP contribution in [0.15, 0.2) is 66.4 Å². The van der Waals surface area contributed by atoms with Crippen molar-refractivity contribution in [2.45, 2.75) is 232 Å². The van der Waals surface area contributed by atoms with Crippen molar-refractivity contribution in [3.05, 3.63) is 100 Å². The van der Waals surface area contributed by atoms with Gasteiger partial charge in [0.2, 0.25) is 29.5 Å². The number of rotatable bonds is 27. The number of thiazole rings is 1. The molecular weight excluding hydrogens is 1330 g/mol. The van der Waals surface area contributed by atoms with Crippen molar-refractivity contribution in [1.29, 1.82) is 0 Å². The number of pyridine rings is 1.